The first kappa shape index (κ1) is 16.6. The molecule has 2 aromatic rings. The average Bonchev–Trinajstić information content (AvgIpc) is 2.56. The molecule has 3 nitrogen and oxygen atoms in total. The predicted octanol–water partition coefficient (Wildman–Crippen LogP) is 5.36. The number of fused-ring (bicyclic) bond motifs is 1. The van der Waals surface area contributed by atoms with Gasteiger partial charge in [-0.05, 0) is 42.3 Å². The van der Waals surface area contributed by atoms with E-state index in [1.54, 1.807) is 11.8 Å². The topological polar surface area (TPSA) is 41.5 Å². The maximum atomic E-state index is 12.1. The Bertz CT molecular complexity index is 777. The fourth-order valence-electron chi connectivity index (χ4n) is 2.13. The fraction of sp³-hybridized carbons (Fsp3) is 0.176. The zero-order chi connectivity index (χ0) is 16.2. The molecule has 23 heavy (non-hydrogen) atoms. The number of carbonyl (C=O) groups is 1. The van der Waals surface area contributed by atoms with E-state index in [-0.39, 0.29) is 5.91 Å². The SMILES string of the molecule is Cc1cc(NC(=O)CSC2=Nc3ccccc3CS2)ccc1Br. The van der Waals surface area contributed by atoms with Crippen LogP contribution in [0.5, 0.6) is 0 Å². The Morgan fingerprint density at radius 1 is 1.35 bits per heavy atom. The first-order valence-electron chi connectivity index (χ1n) is 7.10. The maximum absolute atomic E-state index is 12.1. The van der Waals surface area contributed by atoms with Crippen molar-refractivity contribution in [2.75, 3.05) is 11.1 Å². The molecule has 0 spiro atoms. The predicted molar refractivity (Wildman–Crippen MR) is 105 cm³/mol. The first-order chi connectivity index (χ1) is 11.1. The number of thioether (sulfide) groups is 2. The van der Waals surface area contributed by atoms with Gasteiger partial charge in [0.2, 0.25) is 5.91 Å². The van der Waals surface area contributed by atoms with Gasteiger partial charge in [0.1, 0.15) is 4.38 Å². The molecule has 3 rings (SSSR count). The third kappa shape index (κ3) is 4.40. The Hall–Kier alpha value is -1.24. The molecule has 118 valence electrons. The van der Waals surface area contributed by atoms with E-state index in [1.165, 1.54) is 17.3 Å². The number of carbonyl (C=O) groups excluding carboxylic acids is 1. The summed E-state index contributed by atoms with van der Waals surface area (Å²) in [6.45, 7) is 2.00. The fourth-order valence-corrected chi connectivity index (χ4v) is 4.24. The number of nitrogens with one attached hydrogen (secondary N) is 1. The molecular weight excluding hydrogens is 392 g/mol. The number of hydrogen-bond acceptors (Lipinski definition) is 4. The van der Waals surface area contributed by atoms with Crippen molar-refractivity contribution in [2.45, 2.75) is 12.7 Å². The summed E-state index contributed by atoms with van der Waals surface area (Å²) >= 11 is 6.63. The summed E-state index contributed by atoms with van der Waals surface area (Å²) < 4.78 is 1.99. The molecule has 1 N–H and O–H groups in total. The lowest BCUT2D eigenvalue weighted by Crippen LogP contribution is -2.15. The van der Waals surface area contributed by atoms with Gasteiger partial charge in [0.25, 0.3) is 0 Å². The zero-order valence-corrected chi connectivity index (χ0v) is 15.7. The number of para-hydroxylation sites is 1. The van der Waals surface area contributed by atoms with Crippen molar-refractivity contribution in [3.8, 4) is 0 Å². The standard InChI is InChI=1S/C17H15BrN2OS2/c1-11-8-13(6-7-14(11)18)19-16(21)10-23-17-20-15-5-3-2-4-12(15)9-22-17/h2-8H,9-10H2,1H3,(H,19,21). The van der Waals surface area contributed by atoms with Crippen LogP contribution in [0, 0.1) is 6.92 Å². The molecule has 0 atom stereocenters. The van der Waals surface area contributed by atoms with Crippen molar-refractivity contribution in [1.82, 2.24) is 0 Å². The van der Waals surface area contributed by atoms with E-state index in [0.717, 1.165) is 31.5 Å². The molecule has 0 radical (unpaired) electrons. The van der Waals surface area contributed by atoms with Crippen molar-refractivity contribution in [3.63, 3.8) is 0 Å². The molecule has 1 aliphatic heterocycles. The molecule has 0 saturated carbocycles. The highest BCUT2D eigenvalue weighted by atomic mass is 79.9. The minimum absolute atomic E-state index is 0.0149. The smallest absolute Gasteiger partial charge is 0.234 e. The summed E-state index contributed by atoms with van der Waals surface area (Å²) in [6.07, 6.45) is 0. The first-order valence-corrected chi connectivity index (χ1v) is 9.86. The van der Waals surface area contributed by atoms with E-state index >= 15 is 0 Å². The number of aryl methyl sites for hydroxylation is 1. The van der Waals surface area contributed by atoms with Crippen molar-refractivity contribution in [3.05, 3.63) is 58.1 Å². The van der Waals surface area contributed by atoms with Gasteiger partial charge in [-0.25, -0.2) is 4.99 Å². The Morgan fingerprint density at radius 3 is 3.00 bits per heavy atom. The Kier molecular flexibility index (Phi) is 5.46. The average molecular weight is 407 g/mol. The third-order valence-electron chi connectivity index (χ3n) is 3.32. The van der Waals surface area contributed by atoms with Crippen LogP contribution in [0.1, 0.15) is 11.1 Å². The van der Waals surface area contributed by atoms with E-state index in [9.17, 15) is 4.79 Å². The molecule has 0 saturated heterocycles. The number of anilines is 1. The van der Waals surface area contributed by atoms with E-state index in [4.69, 9.17) is 0 Å². The van der Waals surface area contributed by atoms with E-state index in [1.807, 2.05) is 43.3 Å². The van der Waals surface area contributed by atoms with Crippen molar-refractivity contribution in [1.29, 1.82) is 0 Å². The lowest BCUT2D eigenvalue weighted by Gasteiger charge is -2.14. The highest BCUT2D eigenvalue weighted by Crippen LogP contribution is 2.34. The Morgan fingerprint density at radius 2 is 2.17 bits per heavy atom. The van der Waals surface area contributed by atoms with Gasteiger partial charge in [-0.2, -0.15) is 0 Å². The molecule has 0 fully saturated rings. The molecule has 0 bridgehead atoms. The zero-order valence-electron chi connectivity index (χ0n) is 12.5. The number of halogens is 1. The minimum atomic E-state index is -0.0149. The molecule has 1 aliphatic rings. The van der Waals surface area contributed by atoms with Gasteiger partial charge in [0.15, 0.2) is 0 Å². The van der Waals surface area contributed by atoms with Gasteiger partial charge in [0, 0.05) is 15.9 Å². The molecule has 0 aliphatic carbocycles. The maximum Gasteiger partial charge on any atom is 0.234 e. The summed E-state index contributed by atoms with van der Waals surface area (Å²) in [6, 6.07) is 13.9. The molecule has 6 heteroatoms. The van der Waals surface area contributed by atoms with Crippen molar-refractivity contribution >= 4 is 61.1 Å². The number of nitrogens with zero attached hydrogens (tertiary/aromatic N) is 1. The second-order valence-corrected chi connectivity index (χ2v) is 8.14. The number of hydrogen-bond donors (Lipinski definition) is 1. The quantitative estimate of drug-likeness (QED) is 0.745. The summed E-state index contributed by atoms with van der Waals surface area (Å²) in [7, 11) is 0. The van der Waals surface area contributed by atoms with E-state index < -0.39 is 0 Å². The lowest BCUT2D eigenvalue weighted by molar-refractivity contribution is -0.113. The molecule has 1 heterocycles. The van der Waals surface area contributed by atoms with Crippen LogP contribution in [-0.4, -0.2) is 16.0 Å². The summed E-state index contributed by atoms with van der Waals surface area (Å²) in [4.78, 5) is 16.7. The highest BCUT2D eigenvalue weighted by molar-refractivity contribution is 9.10. The summed E-state index contributed by atoms with van der Waals surface area (Å²) in [5.41, 5.74) is 4.17. The number of amides is 1. The van der Waals surface area contributed by atoms with Crippen LogP contribution < -0.4 is 5.32 Å². The molecule has 2 aromatic carbocycles. The Balaban J connectivity index is 1.57. The van der Waals surface area contributed by atoms with Crippen LogP contribution in [0.4, 0.5) is 11.4 Å². The van der Waals surface area contributed by atoms with Crippen LogP contribution in [0.15, 0.2) is 51.9 Å². The lowest BCUT2D eigenvalue weighted by atomic mass is 10.2. The van der Waals surface area contributed by atoms with Gasteiger partial charge in [-0.1, -0.05) is 57.7 Å². The number of rotatable bonds is 3. The van der Waals surface area contributed by atoms with Gasteiger partial charge in [-0.15, -0.1) is 0 Å². The van der Waals surface area contributed by atoms with Crippen molar-refractivity contribution < 1.29 is 4.79 Å². The molecule has 0 unspecified atom stereocenters. The van der Waals surface area contributed by atoms with Crippen LogP contribution in [0.2, 0.25) is 0 Å². The van der Waals surface area contributed by atoms with Crippen LogP contribution >= 0.6 is 39.5 Å². The summed E-state index contributed by atoms with van der Waals surface area (Å²) in [5.74, 6) is 1.26. The second-order valence-electron chi connectivity index (χ2n) is 5.10. The molecule has 1 amide bonds. The van der Waals surface area contributed by atoms with E-state index in [2.05, 4.69) is 32.3 Å². The van der Waals surface area contributed by atoms with Crippen LogP contribution in [0.25, 0.3) is 0 Å². The van der Waals surface area contributed by atoms with Gasteiger partial charge >= 0.3 is 0 Å². The van der Waals surface area contributed by atoms with Gasteiger partial charge < -0.3 is 5.32 Å². The molecular formula is C17H15BrN2OS2. The molecule has 0 aromatic heterocycles. The van der Waals surface area contributed by atoms with E-state index in [0.29, 0.717) is 5.75 Å². The van der Waals surface area contributed by atoms with Crippen LogP contribution in [0.3, 0.4) is 0 Å². The van der Waals surface area contributed by atoms with Crippen LogP contribution in [-0.2, 0) is 10.5 Å². The number of benzene rings is 2. The highest BCUT2D eigenvalue weighted by Gasteiger charge is 2.14. The largest absolute Gasteiger partial charge is 0.325 e. The number of aliphatic imine (C=N–C) groups is 1. The van der Waals surface area contributed by atoms with Gasteiger partial charge in [0.05, 0.1) is 11.4 Å². The van der Waals surface area contributed by atoms with Crippen molar-refractivity contribution in [2.24, 2.45) is 4.99 Å². The monoisotopic (exact) mass is 406 g/mol. The minimum Gasteiger partial charge on any atom is -0.325 e. The third-order valence-corrected chi connectivity index (χ3v) is 6.46. The normalized spacial score (nSPS) is 13.2. The second kappa shape index (κ2) is 7.55. The Labute approximate surface area is 152 Å². The van der Waals surface area contributed by atoms with Gasteiger partial charge in [-0.3, -0.25) is 4.79 Å². The summed E-state index contributed by atoms with van der Waals surface area (Å²) in [5, 5.41) is 2.92.